The predicted molar refractivity (Wildman–Crippen MR) is 106 cm³/mol. The molecule has 6 rings (SSSR count). The van der Waals surface area contributed by atoms with Gasteiger partial charge in [-0.25, -0.2) is 9.97 Å². The van der Waals surface area contributed by atoms with Crippen LogP contribution >= 0.6 is 0 Å². The molecule has 3 aromatic heterocycles. The molecular formula is C22H14N4O2. The van der Waals surface area contributed by atoms with Crippen LogP contribution in [0.15, 0.2) is 36.4 Å². The standard InChI is InChI=1S/C22H14N4O2/c27-21-18-10-15-5-4-13(24-15)8-12-2-3-14(23-12)9-16-7-11-1-6-17(19(11)25-16)20(26-18)22(21)28/h2-5,7-10,24-25H,1,6H2. The third kappa shape index (κ3) is 2.21. The van der Waals surface area contributed by atoms with Gasteiger partial charge in [-0.3, -0.25) is 9.59 Å². The van der Waals surface area contributed by atoms with Crippen LogP contribution in [0.3, 0.4) is 0 Å². The van der Waals surface area contributed by atoms with Crippen LogP contribution in [0.2, 0.25) is 0 Å². The molecule has 3 aromatic rings. The number of carbonyl (C=O) groups is 2. The molecule has 0 saturated carbocycles. The zero-order valence-electron chi connectivity index (χ0n) is 14.7. The van der Waals surface area contributed by atoms with Crippen molar-refractivity contribution < 1.29 is 9.59 Å². The minimum absolute atomic E-state index is 0.175. The number of carbonyl (C=O) groups excluding carboxylic acids is 2. The fourth-order valence-corrected chi connectivity index (χ4v) is 4.05. The molecule has 0 unspecified atom stereocenters. The number of ketones is 2. The van der Waals surface area contributed by atoms with Gasteiger partial charge >= 0.3 is 0 Å². The Balaban J connectivity index is 1.76. The second-order valence-corrected chi connectivity index (χ2v) is 7.20. The maximum absolute atomic E-state index is 12.6. The predicted octanol–water partition coefficient (Wildman–Crippen LogP) is 3.65. The summed E-state index contributed by atoms with van der Waals surface area (Å²) in [5, 5.41) is 0. The smallest absolute Gasteiger partial charge is 0.253 e. The fourth-order valence-electron chi connectivity index (χ4n) is 4.05. The van der Waals surface area contributed by atoms with E-state index in [9.17, 15) is 9.59 Å². The summed E-state index contributed by atoms with van der Waals surface area (Å²) in [6.07, 6.45) is 5.46. The lowest BCUT2D eigenvalue weighted by Crippen LogP contribution is -2.08. The van der Waals surface area contributed by atoms with Crippen LogP contribution < -0.4 is 0 Å². The van der Waals surface area contributed by atoms with Gasteiger partial charge in [0.2, 0.25) is 0 Å². The van der Waals surface area contributed by atoms with Crippen molar-refractivity contribution in [3.63, 3.8) is 0 Å². The van der Waals surface area contributed by atoms with Gasteiger partial charge in [-0.2, -0.15) is 0 Å². The lowest BCUT2D eigenvalue weighted by atomic mass is 10.1. The van der Waals surface area contributed by atoms with Crippen molar-refractivity contribution in [2.75, 3.05) is 0 Å². The number of nitrogens with one attached hydrogen (secondary N) is 2. The number of aromatic nitrogens is 4. The molecule has 6 heteroatoms. The lowest BCUT2D eigenvalue weighted by Gasteiger charge is -1.94. The summed E-state index contributed by atoms with van der Waals surface area (Å²) in [7, 11) is 0. The van der Waals surface area contributed by atoms with Gasteiger partial charge in [0.1, 0.15) is 11.4 Å². The summed E-state index contributed by atoms with van der Waals surface area (Å²) in [6, 6.07) is 11.4. The van der Waals surface area contributed by atoms with Crippen LogP contribution in [0, 0.1) is 0 Å². The number of aryl methyl sites for hydroxylation is 2. The first-order chi connectivity index (χ1) is 13.6. The number of hydrogen-bond donors (Lipinski definition) is 2. The third-order valence-electron chi connectivity index (χ3n) is 5.35. The van der Waals surface area contributed by atoms with Gasteiger partial charge in [0.25, 0.3) is 11.6 Å². The van der Waals surface area contributed by atoms with Crippen LogP contribution in [0.5, 0.6) is 0 Å². The maximum Gasteiger partial charge on any atom is 0.253 e. The third-order valence-corrected chi connectivity index (χ3v) is 5.35. The Morgan fingerprint density at radius 3 is 2.32 bits per heavy atom. The molecule has 2 aliphatic heterocycles. The van der Waals surface area contributed by atoms with E-state index in [1.165, 1.54) is 0 Å². The van der Waals surface area contributed by atoms with E-state index in [1.54, 1.807) is 6.07 Å². The van der Waals surface area contributed by atoms with Crippen LogP contribution in [0.4, 0.5) is 0 Å². The Hall–Kier alpha value is -3.80. The van der Waals surface area contributed by atoms with E-state index in [2.05, 4.69) is 26.0 Å². The summed E-state index contributed by atoms with van der Waals surface area (Å²) in [6.45, 7) is 0. The van der Waals surface area contributed by atoms with E-state index in [0.29, 0.717) is 6.42 Å². The van der Waals surface area contributed by atoms with Crippen molar-refractivity contribution >= 4 is 45.8 Å². The first kappa shape index (κ1) is 15.3. The van der Waals surface area contributed by atoms with Crippen molar-refractivity contribution in [1.82, 2.24) is 19.9 Å². The molecule has 28 heavy (non-hydrogen) atoms. The van der Waals surface area contributed by atoms with Gasteiger partial charge < -0.3 is 9.97 Å². The van der Waals surface area contributed by atoms with Crippen LogP contribution in [-0.4, -0.2) is 31.5 Å². The van der Waals surface area contributed by atoms with Crippen molar-refractivity contribution in [2.24, 2.45) is 0 Å². The number of Topliss-reactive ketones (excluding diaryl/α,β-unsaturated/α-hetero) is 2. The van der Waals surface area contributed by atoms with Gasteiger partial charge in [-0.1, -0.05) is 0 Å². The molecule has 1 aliphatic carbocycles. The molecule has 8 bridgehead atoms. The molecule has 0 spiro atoms. The molecule has 0 saturated heterocycles. The van der Waals surface area contributed by atoms with Crippen molar-refractivity contribution in [2.45, 2.75) is 12.8 Å². The second-order valence-electron chi connectivity index (χ2n) is 7.20. The SMILES string of the molecule is O=C1C(=O)c2nc1cc1ccc(cc3nc(cc4cc5c([nH]4)c2CC5)C=C3)[nH]1. The summed E-state index contributed by atoms with van der Waals surface area (Å²) >= 11 is 0. The molecule has 2 N–H and O–H groups in total. The Morgan fingerprint density at radius 1 is 0.750 bits per heavy atom. The maximum atomic E-state index is 12.6. The Bertz CT molecular complexity index is 1410. The molecule has 0 radical (unpaired) electrons. The highest BCUT2D eigenvalue weighted by atomic mass is 16.2. The number of rotatable bonds is 0. The van der Waals surface area contributed by atoms with Gasteiger partial charge in [-0.05, 0) is 67.0 Å². The van der Waals surface area contributed by atoms with Gasteiger partial charge in [0, 0.05) is 27.6 Å². The first-order valence-electron chi connectivity index (χ1n) is 9.14. The van der Waals surface area contributed by atoms with Gasteiger partial charge in [0.15, 0.2) is 0 Å². The highest BCUT2D eigenvalue weighted by molar-refractivity contribution is 6.50. The number of fused-ring (bicyclic) bond motifs is 8. The second kappa shape index (κ2) is 5.36. The molecule has 0 aromatic carbocycles. The van der Waals surface area contributed by atoms with E-state index in [1.807, 2.05) is 36.4 Å². The highest BCUT2D eigenvalue weighted by Gasteiger charge is 2.31. The summed E-state index contributed by atoms with van der Waals surface area (Å²) < 4.78 is 0. The number of aromatic amines is 2. The Kier molecular flexibility index (Phi) is 2.92. The molecule has 0 fully saturated rings. The van der Waals surface area contributed by atoms with Crippen LogP contribution in [0.1, 0.15) is 43.5 Å². The molecule has 0 amide bonds. The van der Waals surface area contributed by atoms with E-state index in [0.717, 1.165) is 51.0 Å². The van der Waals surface area contributed by atoms with E-state index in [4.69, 9.17) is 0 Å². The molecule has 3 aliphatic rings. The zero-order valence-corrected chi connectivity index (χ0v) is 14.7. The average Bonchev–Trinajstić information content (AvgIpc) is 3.45. The Labute approximate surface area is 159 Å². The highest BCUT2D eigenvalue weighted by Crippen LogP contribution is 2.30. The van der Waals surface area contributed by atoms with Crippen molar-refractivity contribution in [1.29, 1.82) is 0 Å². The lowest BCUT2D eigenvalue weighted by molar-refractivity contribution is 0.0825. The molecular weight excluding hydrogens is 352 g/mol. The zero-order chi connectivity index (χ0) is 18.8. The summed E-state index contributed by atoms with van der Waals surface area (Å²) in [5.74, 6) is -1.08. The number of H-pyrrole nitrogens is 2. The number of hydrogen-bond acceptors (Lipinski definition) is 4. The minimum atomic E-state index is -0.555. The van der Waals surface area contributed by atoms with E-state index >= 15 is 0 Å². The van der Waals surface area contributed by atoms with Gasteiger partial charge in [-0.15, -0.1) is 0 Å². The average molecular weight is 366 g/mol. The van der Waals surface area contributed by atoms with Crippen molar-refractivity contribution in [3.8, 4) is 0 Å². The normalized spacial score (nSPS) is 14.9. The topological polar surface area (TPSA) is 91.5 Å². The molecule has 134 valence electrons. The van der Waals surface area contributed by atoms with E-state index < -0.39 is 11.6 Å². The summed E-state index contributed by atoms with van der Waals surface area (Å²) in [5.41, 5.74) is 7.51. The van der Waals surface area contributed by atoms with Crippen molar-refractivity contribution in [3.05, 3.63) is 70.3 Å². The Morgan fingerprint density at radius 2 is 1.50 bits per heavy atom. The van der Waals surface area contributed by atoms with Crippen LogP contribution in [0.25, 0.3) is 34.2 Å². The monoisotopic (exact) mass is 366 g/mol. The molecule has 0 atom stereocenters. The number of nitrogens with zero attached hydrogens (tertiary/aromatic N) is 2. The molecule has 5 heterocycles. The van der Waals surface area contributed by atoms with E-state index in [-0.39, 0.29) is 11.4 Å². The fraction of sp³-hybridized carbons (Fsp3) is 0.0909. The largest absolute Gasteiger partial charge is 0.355 e. The first-order valence-corrected chi connectivity index (χ1v) is 9.14. The van der Waals surface area contributed by atoms with Crippen LogP contribution in [-0.2, 0) is 12.8 Å². The molecule has 6 nitrogen and oxygen atoms in total. The summed E-state index contributed by atoms with van der Waals surface area (Å²) in [4.78, 5) is 40.7. The van der Waals surface area contributed by atoms with Gasteiger partial charge in [0.05, 0.1) is 11.4 Å². The quantitative estimate of drug-likeness (QED) is 0.465. The minimum Gasteiger partial charge on any atom is -0.355 e.